The van der Waals surface area contributed by atoms with Crippen molar-refractivity contribution in [1.29, 1.82) is 0 Å². The third kappa shape index (κ3) is 2.40. The van der Waals surface area contributed by atoms with E-state index in [-0.39, 0.29) is 0 Å². The Bertz CT molecular complexity index is 46.1. The first-order chi connectivity index (χ1) is 3.35. The summed E-state index contributed by atoms with van der Waals surface area (Å²) in [6, 6.07) is 0. The van der Waals surface area contributed by atoms with Gasteiger partial charge >= 0.3 is 0 Å². The summed E-state index contributed by atoms with van der Waals surface area (Å²) in [5.74, 6) is 0. The lowest BCUT2D eigenvalue weighted by Gasteiger charge is -2.05. The van der Waals surface area contributed by atoms with Gasteiger partial charge in [0.2, 0.25) is 0 Å². The van der Waals surface area contributed by atoms with Crippen LogP contribution in [-0.4, -0.2) is 13.1 Å². The van der Waals surface area contributed by atoms with E-state index in [2.05, 4.69) is 20.4 Å². The second-order valence-corrected chi connectivity index (χ2v) is 1.57. The van der Waals surface area contributed by atoms with Crippen LogP contribution in [0.3, 0.4) is 0 Å². The van der Waals surface area contributed by atoms with Crippen LogP contribution in [0.2, 0.25) is 0 Å². The maximum Gasteiger partial charge on any atom is 0.0869 e. The molecule has 7 heavy (non-hydrogen) atoms. The Labute approximate surface area is 45.6 Å². The molecule has 0 spiro atoms. The Morgan fingerprint density at radius 3 is 1.86 bits per heavy atom. The van der Waals surface area contributed by atoms with E-state index in [1.807, 2.05) is 6.20 Å². The molecule has 1 N–H and O–H groups in total. The number of nitrogens with one attached hydrogen (secondary N) is 1. The van der Waals surface area contributed by atoms with E-state index in [1.165, 1.54) is 4.90 Å². The molecule has 0 saturated carbocycles. The molecular weight excluding hydrogens is 86.1 g/mol. The highest BCUT2D eigenvalue weighted by molar-refractivity contribution is 4.43. The van der Waals surface area contributed by atoms with E-state index in [0.717, 1.165) is 13.1 Å². The molecule has 0 aromatic heterocycles. The average Bonchev–Trinajstić information content (AvgIpc) is 1.72. The summed E-state index contributed by atoms with van der Waals surface area (Å²) in [5, 5.41) is 0. The minimum Gasteiger partial charge on any atom is -0.310 e. The van der Waals surface area contributed by atoms with Gasteiger partial charge in [-0.3, -0.25) is 0 Å². The van der Waals surface area contributed by atoms with Crippen molar-refractivity contribution in [2.45, 2.75) is 13.8 Å². The molecule has 0 aromatic carbocycles. The van der Waals surface area contributed by atoms with Crippen molar-refractivity contribution < 1.29 is 4.90 Å². The minimum absolute atomic E-state index is 1.15. The Morgan fingerprint density at radius 2 is 1.86 bits per heavy atom. The number of rotatable bonds is 3. The van der Waals surface area contributed by atoms with E-state index in [4.69, 9.17) is 0 Å². The molecule has 0 saturated heterocycles. The van der Waals surface area contributed by atoms with Crippen molar-refractivity contribution in [2.24, 2.45) is 0 Å². The van der Waals surface area contributed by atoms with Crippen molar-refractivity contribution in [3.63, 3.8) is 0 Å². The molecule has 0 aliphatic heterocycles. The number of hydrogen-bond acceptors (Lipinski definition) is 0. The van der Waals surface area contributed by atoms with Gasteiger partial charge < -0.3 is 4.90 Å². The van der Waals surface area contributed by atoms with Crippen molar-refractivity contribution >= 4 is 0 Å². The van der Waals surface area contributed by atoms with Gasteiger partial charge in [-0.1, -0.05) is 0 Å². The Balaban J connectivity index is 3.16. The van der Waals surface area contributed by atoms with Crippen molar-refractivity contribution in [3.05, 3.63) is 12.8 Å². The molecule has 0 atom stereocenters. The summed E-state index contributed by atoms with van der Waals surface area (Å²) >= 11 is 0. The first kappa shape index (κ1) is 6.70. The Hall–Kier alpha value is -0.300. The molecule has 0 radical (unpaired) electrons. The first-order valence-corrected chi connectivity index (χ1v) is 2.82. The van der Waals surface area contributed by atoms with Crippen LogP contribution in [0.5, 0.6) is 0 Å². The number of hydrogen-bond donors (Lipinski definition) is 1. The van der Waals surface area contributed by atoms with E-state index in [1.54, 1.807) is 0 Å². The molecule has 42 valence electrons. The molecule has 0 aliphatic carbocycles. The second-order valence-electron chi connectivity index (χ2n) is 1.57. The third-order valence-corrected chi connectivity index (χ3v) is 1.20. The van der Waals surface area contributed by atoms with Crippen LogP contribution in [0.15, 0.2) is 12.8 Å². The summed E-state index contributed by atoms with van der Waals surface area (Å²) in [6.07, 6.45) is 1.94. The Kier molecular flexibility index (Phi) is 3.71. The molecule has 0 unspecified atom stereocenters. The molecule has 0 fully saturated rings. The molecule has 1 heteroatoms. The standard InChI is InChI=1S/C6H13N/c1-4-7(5-2)6-3/h4H,1,5-6H2,2-3H3/p+1. The zero-order valence-electron chi connectivity index (χ0n) is 5.20. The largest absolute Gasteiger partial charge is 0.310 e. The summed E-state index contributed by atoms with van der Waals surface area (Å²) in [6.45, 7) is 10.3. The van der Waals surface area contributed by atoms with Crippen molar-refractivity contribution in [1.82, 2.24) is 0 Å². The monoisotopic (exact) mass is 100 g/mol. The number of quaternary nitrogens is 1. The Morgan fingerprint density at radius 1 is 1.43 bits per heavy atom. The predicted octanol–water partition coefficient (Wildman–Crippen LogP) is 0.0546. The molecule has 0 aromatic rings. The predicted molar refractivity (Wildman–Crippen MR) is 32.2 cm³/mol. The minimum atomic E-state index is 1.15. The van der Waals surface area contributed by atoms with E-state index in [9.17, 15) is 0 Å². The van der Waals surface area contributed by atoms with Crippen LogP contribution in [0.1, 0.15) is 13.8 Å². The molecule has 0 heterocycles. The van der Waals surface area contributed by atoms with Gasteiger partial charge in [-0.2, -0.15) is 0 Å². The van der Waals surface area contributed by atoms with E-state index >= 15 is 0 Å². The maximum atomic E-state index is 3.67. The zero-order valence-corrected chi connectivity index (χ0v) is 5.20. The van der Waals surface area contributed by atoms with Gasteiger partial charge in [0.15, 0.2) is 0 Å². The lowest BCUT2D eigenvalue weighted by Crippen LogP contribution is -3.06. The molecule has 0 aliphatic rings. The lowest BCUT2D eigenvalue weighted by molar-refractivity contribution is -0.842. The van der Waals surface area contributed by atoms with E-state index < -0.39 is 0 Å². The van der Waals surface area contributed by atoms with Crippen LogP contribution in [-0.2, 0) is 0 Å². The van der Waals surface area contributed by atoms with Crippen molar-refractivity contribution in [3.8, 4) is 0 Å². The highest BCUT2D eigenvalue weighted by Gasteiger charge is 1.89. The fraction of sp³-hybridized carbons (Fsp3) is 0.667. The fourth-order valence-corrected chi connectivity index (χ4v) is 0.539. The lowest BCUT2D eigenvalue weighted by atomic mass is 10.5. The molecular formula is C6H14N+. The smallest absolute Gasteiger partial charge is 0.0869 e. The van der Waals surface area contributed by atoms with Gasteiger partial charge in [0.1, 0.15) is 0 Å². The molecule has 0 amide bonds. The van der Waals surface area contributed by atoms with Crippen LogP contribution < -0.4 is 4.90 Å². The van der Waals surface area contributed by atoms with Gasteiger partial charge in [0, 0.05) is 0 Å². The molecule has 0 rings (SSSR count). The van der Waals surface area contributed by atoms with Gasteiger partial charge in [-0.25, -0.2) is 0 Å². The highest BCUT2D eigenvalue weighted by atomic mass is 15.1. The van der Waals surface area contributed by atoms with Gasteiger partial charge in [-0.15, -0.1) is 0 Å². The van der Waals surface area contributed by atoms with Gasteiger partial charge in [0.05, 0.1) is 19.3 Å². The average molecular weight is 100 g/mol. The highest BCUT2D eigenvalue weighted by Crippen LogP contribution is 1.45. The summed E-state index contributed by atoms with van der Waals surface area (Å²) in [5.41, 5.74) is 0. The second kappa shape index (κ2) is 3.88. The van der Waals surface area contributed by atoms with Crippen LogP contribution >= 0.6 is 0 Å². The van der Waals surface area contributed by atoms with Crippen LogP contribution in [0, 0.1) is 0 Å². The SMILES string of the molecule is C=C[NH+](CC)CC. The zero-order chi connectivity index (χ0) is 5.70. The van der Waals surface area contributed by atoms with Crippen molar-refractivity contribution in [2.75, 3.05) is 13.1 Å². The topological polar surface area (TPSA) is 4.44 Å². The fourth-order valence-electron chi connectivity index (χ4n) is 0.539. The molecule has 1 nitrogen and oxygen atoms in total. The van der Waals surface area contributed by atoms with Crippen LogP contribution in [0.25, 0.3) is 0 Å². The maximum absolute atomic E-state index is 3.67. The van der Waals surface area contributed by atoms with Gasteiger partial charge in [0.25, 0.3) is 0 Å². The van der Waals surface area contributed by atoms with E-state index in [0.29, 0.717) is 0 Å². The summed E-state index contributed by atoms with van der Waals surface area (Å²) in [4.78, 5) is 1.44. The van der Waals surface area contributed by atoms with Crippen LogP contribution in [0.4, 0.5) is 0 Å². The first-order valence-electron chi connectivity index (χ1n) is 2.82. The molecule has 0 bridgehead atoms. The third-order valence-electron chi connectivity index (χ3n) is 1.20. The van der Waals surface area contributed by atoms with Gasteiger partial charge in [-0.05, 0) is 20.4 Å². The quantitative estimate of drug-likeness (QED) is 0.511. The summed E-state index contributed by atoms with van der Waals surface area (Å²) in [7, 11) is 0. The normalized spacial score (nSPS) is 9.57. The summed E-state index contributed by atoms with van der Waals surface area (Å²) < 4.78 is 0.